The molecule has 0 saturated carbocycles. The predicted octanol–water partition coefficient (Wildman–Crippen LogP) is 3.50. The molecule has 0 bridgehead atoms. The zero-order chi connectivity index (χ0) is 14.9. The van der Waals surface area contributed by atoms with Crippen LogP contribution in [0.2, 0.25) is 0 Å². The first-order valence-electron chi connectivity index (χ1n) is 8.00. The average Bonchev–Trinajstić information content (AvgIpc) is 3.08. The molecule has 1 aromatic heterocycles. The molecule has 0 amide bonds. The maximum atomic E-state index is 6.76. The highest BCUT2D eigenvalue weighted by atomic mass is 15.2. The fraction of sp³-hybridized carbons (Fsp3) is 0.500. The second-order valence-corrected chi connectivity index (χ2v) is 6.33. The summed E-state index contributed by atoms with van der Waals surface area (Å²) in [5.41, 5.74) is 7.99. The minimum Gasteiger partial charge on any atom is -0.322 e. The number of hydrogen-bond acceptors (Lipinski definition) is 3. The summed E-state index contributed by atoms with van der Waals surface area (Å²) in [6.45, 7) is 6.90. The van der Waals surface area contributed by atoms with Gasteiger partial charge in [-0.2, -0.15) is 0 Å². The Morgan fingerprint density at radius 1 is 1.29 bits per heavy atom. The Labute approximate surface area is 127 Å². The first-order chi connectivity index (χ1) is 10.2. The molecule has 1 aromatic carbocycles. The second-order valence-electron chi connectivity index (χ2n) is 6.33. The van der Waals surface area contributed by atoms with Crippen molar-refractivity contribution in [3.63, 3.8) is 0 Å². The van der Waals surface area contributed by atoms with Crippen molar-refractivity contribution in [2.24, 2.45) is 5.73 Å². The largest absolute Gasteiger partial charge is 0.322 e. The number of likely N-dealkylation sites (tertiary alicyclic amines) is 1. The summed E-state index contributed by atoms with van der Waals surface area (Å²) in [5.74, 6) is 0. The van der Waals surface area contributed by atoms with Gasteiger partial charge in [0.25, 0.3) is 0 Å². The summed E-state index contributed by atoms with van der Waals surface area (Å²) in [7, 11) is 0. The third-order valence-corrected chi connectivity index (χ3v) is 5.27. The van der Waals surface area contributed by atoms with Gasteiger partial charge >= 0.3 is 0 Å². The molecule has 112 valence electrons. The van der Waals surface area contributed by atoms with E-state index in [1.807, 2.05) is 12.4 Å². The van der Waals surface area contributed by atoms with Gasteiger partial charge in [0.05, 0.1) is 0 Å². The monoisotopic (exact) mass is 283 g/mol. The maximum Gasteiger partial charge on any atom is 0.0486 e. The van der Waals surface area contributed by atoms with E-state index in [1.165, 1.54) is 42.3 Å². The van der Waals surface area contributed by atoms with E-state index in [-0.39, 0.29) is 11.6 Å². The van der Waals surface area contributed by atoms with Crippen LogP contribution in [0, 0.1) is 0 Å². The van der Waals surface area contributed by atoms with Crippen molar-refractivity contribution in [2.45, 2.75) is 44.7 Å². The molecule has 1 fully saturated rings. The first kappa shape index (κ1) is 14.5. The van der Waals surface area contributed by atoms with E-state index in [0.29, 0.717) is 0 Å². The summed E-state index contributed by atoms with van der Waals surface area (Å²) in [4.78, 5) is 6.87. The van der Waals surface area contributed by atoms with E-state index in [1.54, 1.807) is 0 Å². The molecule has 0 aliphatic carbocycles. The quantitative estimate of drug-likeness (QED) is 0.934. The van der Waals surface area contributed by atoms with Crippen molar-refractivity contribution in [3.8, 4) is 0 Å². The van der Waals surface area contributed by atoms with Gasteiger partial charge in [0, 0.05) is 29.4 Å². The van der Waals surface area contributed by atoms with Gasteiger partial charge in [-0.15, -0.1) is 0 Å². The highest BCUT2D eigenvalue weighted by Crippen LogP contribution is 2.37. The van der Waals surface area contributed by atoms with Gasteiger partial charge in [-0.25, -0.2) is 0 Å². The van der Waals surface area contributed by atoms with Crippen molar-refractivity contribution in [1.29, 1.82) is 0 Å². The van der Waals surface area contributed by atoms with Crippen molar-refractivity contribution in [3.05, 3.63) is 42.2 Å². The van der Waals surface area contributed by atoms with Crippen LogP contribution in [0.1, 0.15) is 44.7 Å². The number of nitrogens with zero attached hydrogens (tertiary/aromatic N) is 2. The lowest BCUT2D eigenvalue weighted by molar-refractivity contribution is 0.100. The number of hydrogen-bond donors (Lipinski definition) is 1. The van der Waals surface area contributed by atoms with Crippen LogP contribution in [0.4, 0.5) is 0 Å². The zero-order valence-corrected chi connectivity index (χ0v) is 13.0. The number of pyridine rings is 1. The van der Waals surface area contributed by atoms with Crippen LogP contribution >= 0.6 is 0 Å². The molecule has 2 unspecified atom stereocenters. The summed E-state index contributed by atoms with van der Waals surface area (Å²) >= 11 is 0. The normalized spacial score (nSPS) is 20.5. The van der Waals surface area contributed by atoms with Crippen molar-refractivity contribution in [1.82, 2.24) is 9.88 Å². The number of fused-ring (bicyclic) bond motifs is 1. The van der Waals surface area contributed by atoms with Gasteiger partial charge in [0.1, 0.15) is 0 Å². The van der Waals surface area contributed by atoms with Gasteiger partial charge in [-0.1, -0.05) is 25.1 Å². The molecule has 2 N–H and O–H groups in total. The van der Waals surface area contributed by atoms with Gasteiger partial charge in [-0.05, 0) is 56.3 Å². The molecule has 1 aliphatic heterocycles. The summed E-state index contributed by atoms with van der Waals surface area (Å²) in [5, 5.41) is 2.41. The average molecular weight is 283 g/mol. The second kappa shape index (κ2) is 5.74. The Morgan fingerprint density at radius 2 is 2.05 bits per heavy atom. The maximum absolute atomic E-state index is 6.76. The molecular formula is C18H25N3. The third kappa shape index (κ3) is 2.45. The molecule has 3 heteroatoms. The number of benzene rings is 1. The van der Waals surface area contributed by atoms with Gasteiger partial charge in [-0.3, -0.25) is 9.88 Å². The summed E-state index contributed by atoms with van der Waals surface area (Å²) in [6, 6.07) is 8.47. The lowest BCUT2D eigenvalue weighted by atomic mass is 9.82. The van der Waals surface area contributed by atoms with Crippen molar-refractivity contribution >= 4 is 10.8 Å². The van der Waals surface area contributed by atoms with E-state index in [4.69, 9.17) is 5.73 Å². The topological polar surface area (TPSA) is 42.1 Å². The number of rotatable bonds is 4. The fourth-order valence-corrected chi connectivity index (χ4v) is 3.61. The Bertz CT molecular complexity index is 613. The molecule has 2 atom stereocenters. The molecule has 3 rings (SSSR count). The van der Waals surface area contributed by atoms with Gasteiger partial charge in [0.2, 0.25) is 0 Å². The van der Waals surface area contributed by atoms with Crippen LogP contribution in [0.25, 0.3) is 10.8 Å². The van der Waals surface area contributed by atoms with Crippen LogP contribution in [0.3, 0.4) is 0 Å². The smallest absolute Gasteiger partial charge is 0.0486 e. The van der Waals surface area contributed by atoms with Crippen LogP contribution in [-0.4, -0.2) is 28.5 Å². The highest BCUT2D eigenvalue weighted by molar-refractivity contribution is 5.85. The molecule has 21 heavy (non-hydrogen) atoms. The van der Waals surface area contributed by atoms with Crippen LogP contribution in [0.15, 0.2) is 36.7 Å². The van der Waals surface area contributed by atoms with E-state index in [2.05, 4.69) is 48.0 Å². The standard InChI is InChI=1S/C18H25N3/c1-3-18(2,21-11-4-5-12-21)17(19)15-8-6-7-14-9-10-20-13-16(14)15/h6-10,13,17H,3-5,11-12,19H2,1-2H3. The molecule has 1 saturated heterocycles. The first-order valence-corrected chi connectivity index (χ1v) is 8.00. The van der Waals surface area contributed by atoms with Crippen LogP contribution < -0.4 is 5.73 Å². The Hall–Kier alpha value is -1.45. The van der Waals surface area contributed by atoms with Crippen LogP contribution in [0.5, 0.6) is 0 Å². The fourth-order valence-electron chi connectivity index (χ4n) is 3.61. The van der Waals surface area contributed by atoms with E-state index in [9.17, 15) is 0 Å². The Balaban J connectivity index is 2.04. The van der Waals surface area contributed by atoms with Crippen LogP contribution in [-0.2, 0) is 0 Å². The molecular weight excluding hydrogens is 258 g/mol. The minimum atomic E-state index is 0.00787. The highest BCUT2D eigenvalue weighted by Gasteiger charge is 2.38. The van der Waals surface area contributed by atoms with E-state index >= 15 is 0 Å². The summed E-state index contributed by atoms with van der Waals surface area (Å²) in [6.07, 6.45) is 7.44. The molecule has 0 spiro atoms. The van der Waals surface area contributed by atoms with Crippen molar-refractivity contribution in [2.75, 3.05) is 13.1 Å². The SMILES string of the molecule is CCC(C)(C(N)c1cccc2ccncc12)N1CCCC1. The minimum absolute atomic E-state index is 0.00787. The third-order valence-electron chi connectivity index (χ3n) is 5.27. The van der Waals surface area contributed by atoms with Gasteiger partial charge < -0.3 is 5.73 Å². The Kier molecular flexibility index (Phi) is 3.96. The molecule has 3 nitrogen and oxygen atoms in total. The number of aromatic nitrogens is 1. The number of nitrogens with two attached hydrogens (primary N) is 1. The lowest BCUT2D eigenvalue weighted by Gasteiger charge is -2.43. The molecule has 1 aliphatic rings. The molecule has 2 aromatic rings. The Morgan fingerprint density at radius 3 is 2.76 bits per heavy atom. The zero-order valence-electron chi connectivity index (χ0n) is 13.0. The van der Waals surface area contributed by atoms with Crippen molar-refractivity contribution < 1.29 is 0 Å². The lowest BCUT2D eigenvalue weighted by Crippen LogP contribution is -2.51. The van der Waals surface area contributed by atoms with E-state index in [0.717, 1.165) is 6.42 Å². The molecule has 2 heterocycles. The van der Waals surface area contributed by atoms with E-state index < -0.39 is 0 Å². The van der Waals surface area contributed by atoms with Gasteiger partial charge in [0.15, 0.2) is 0 Å². The summed E-state index contributed by atoms with van der Waals surface area (Å²) < 4.78 is 0. The molecule has 0 radical (unpaired) electrons. The predicted molar refractivity (Wildman–Crippen MR) is 88.2 cm³/mol.